The summed E-state index contributed by atoms with van der Waals surface area (Å²) in [4.78, 5) is 3.96. The fourth-order valence-electron chi connectivity index (χ4n) is 1.58. The van der Waals surface area contributed by atoms with E-state index in [0.29, 0.717) is 11.3 Å². The lowest BCUT2D eigenvalue weighted by Crippen LogP contribution is -2.03. The summed E-state index contributed by atoms with van der Waals surface area (Å²) in [6.45, 7) is 0.0919. The van der Waals surface area contributed by atoms with Gasteiger partial charge in [0.1, 0.15) is 0 Å². The number of hydrogen-bond acceptors (Lipinski definition) is 2. The van der Waals surface area contributed by atoms with Gasteiger partial charge in [-0.05, 0) is 18.2 Å². The van der Waals surface area contributed by atoms with E-state index in [0.717, 1.165) is 6.07 Å². The predicted molar refractivity (Wildman–Crippen MR) is 57.4 cm³/mol. The first-order valence-electron chi connectivity index (χ1n) is 4.93. The van der Waals surface area contributed by atoms with Crippen molar-refractivity contribution in [1.29, 1.82) is 0 Å². The molecule has 0 saturated heterocycles. The molecule has 0 aliphatic carbocycles. The van der Waals surface area contributed by atoms with Gasteiger partial charge in [-0.25, -0.2) is 13.2 Å². The topological polar surface area (TPSA) is 38.9 Å². The third kappa shape index (κ3) is 2.01. The largest absolute Gasteiger partial charge is 0.325 e. The smallest absolute Gasteiger partial charge is 0.195 e. The van der Waals surface area contributed by atoms with Crippen molar-refractivity contribution < 1.29 is 13.2 Å². The number of hydrogen-bond donors (Lipinski definition) is 1. The van der Waals surface area contributed by atoms with E-state index in [1.54, 1.807) is 12.1 Å². The van der Waals surface area contributed by atoms with Gasteiger partial charge in [-0.3, -0.25) is 4.98 Å². The average Bonchev–Trinajstić information content (AvgIpc) is 2.36. The van der Waals surface area contributed by atoms with E-state index in [1.807, 2.05) is 0 Å². The molecule has 0 spiro atoms. The zero-order chi connectivity index (χ0) is 12.4. The van der Waals surface area contributed by atoms with Gasteiger partial charge in [-0.15, -0.1) is 0 Å². The molecule has 2 aromatic rings. The van der Waals surface area contributed by atoms with Crippen molar-refractivity contribution in [1.82, 2.24) is 4.98 Å². The average molecular weight is 238 g/mol. The second-order valence-electron chi connectivity index (χ2n) is 3.42. The van der Waals surface area contributed by atoms with Gasteiger partial charge in [0, 0.05) is 23.9 Å². The molecule has 0 saturated carbocycles. The third-order valence-electron chi connectivity index (χ3n) is 2.41. The van der Waals surface area contributed by atoms with Gasteiger partial charge < -0.3 is 5.73 Å². The van der Waals surface area contributed by atoms with Crippen LogP contribution in [-0.4, -0.2) is 4.98 Å². The van der Waals surface area contributed by atoms with Gasteiger partial charge in [-0.1, -0.05) is 6.07 Å². The maximum atomic E-state index is 13.6. The van der Waals surface area contributed by atoms with E-state index in [2.05, 4.69) is 4.98 Å². The normalized spacial score (nSPS) is 10.6. The van der Waals surface area contributed by atoms with Crippen molar-refractivity contribution in [2.24, 2.45) is 5.73 Å². The van der Waals surface area contributed by atoms with Crippen LogP contribution in [0, 0.1) is 17.5 Å². The van der Waals surface area contributed by atoms with Gasteiger partial charge in [0.25, 0.3) is 0 Å². The number of aromatic nitrogens is 1. The summed E-state index contributed by atoms with van der Waals surface area (Å²) in [5.41, 5.74) is 6.20. The molecule has 5 heteroatoms. The summed E-state index contributed by atoms with van der Waals surface area (Å²) in [6.07, 6.45) is 1.50. The molecule has 1 aromatic heterocycles. The monoisotopic (exact) mass is 238 g/mol. The molecule has 0 amide bonds. The lowest BCUT2D eigenvalue weighted by molar-refractivity contribution is 0.449. The standard InChI is InChI=1S/C12H9F3N2/c13-9-4-3-8(11(14)12(9)15)7-2-1-5-17-10(7)6-16/h1-5H,6,16H2. The molecule has 0 aliphatic heterocycles. The summed E-state index contributed by atoms with van der Waals surface area (Å²) < 4.78 is 39.5. The Bertz CT molecular complexity index is 555. The number of rotatable bonds is 2. The number of halogens is 3. The molecule has 2 rings (SSSR count). The Morgan fingerprint density at radius 3 is 2.47 bits per heavy atom. The Morgan fingerprint density at radius 2 is 1.76 bits per heavy atom. The van der Waals surface area contributed by atoms with E-state index in [-0.39, 0.29) is 12.1 Å². The van der Waals surface area contributed by atoms with Crippen LogP contribution in [0.3, 0.4) is 0 Å². The predicted octanol–water partition coefficient (Wildman–Crippen LogP) is 2.62. The Morgan fingerprint density at radius 1 is 1.00 bits per heavy atom. The Balaban J connectivity index is 2.65. The third-order valence-corrected chi connectivity index (χ3v) is 2.41. The summed E-state index contributed by atoms with van der Waals surface area (Å²) in [5.74, 6) is -3.94. The Labute approximate surface area is 95.9 Å². The molecule has 0 bridgehead atoms. The van der Waals surface area contributed by atoms with Gasteiger partial charge in [-0.2, -0.15) is 0 Å². The van der Waals surface area contributed by atoms with E-state index in [9.17, 15) is 13.2 Å². The lowest BCUT2D eigenvalue weighted by atomic mass is 10.0. The van der Waals surface area contributed by atoms with Crippen LogP contribution >= 0.6 is 0 Å². The fourth-order valence-corrected chi connectivity index (χ4v) is 1.58. The van der Waals surface area contributed by atoms with Crippen molar-refractivity contribution in [3.63, 3.8) is 0 Å². The van der Waals surface area contributed by atoms with Crippen LogP contribution in [-0.2, 0) is 6.54 Å². The summed E-state index contributed by atoms with van der Waals surface area (Å²) in [5, 5.41) is 0. The Kier molecular flexibility index (Phi) is 3.10. The molecule has 1 heterocycles. The number of nitrogens with zero attached hydrogens (tertiary/aromatic N) is 1. The second-order valence-corrected chi connectivity index (χ2v) is 3.42. The van der Waals surface area contributed by atoms with Crippen molar-refractivity contribution in [2.45, 2.75) is 6.54 Å². The molecule has 0 fully saturated rings. The molecule has 0 unspecified atom stereocenters. The zero-order valence-corrected chi connectivity index (χ0v) is 8.75. The molecule has 0 radical (unpaired) electrons. The first-order chi connectivity index (χ1) is 8.15. The maximum Gasteiger partial charge on any atom is 0.195 e. The molecular weight excluding hydrogens is 229 g/mol. The van der Waals surface area contributed by atoms with E-state index in [4.69, 9.17) is 5.73 Å². The van der Waals surface area contributed by atoms with Crippen LogP contribution in [0.15, 0.2) is 30.5 Å². The summed E-state index contributed by atoms with van der Waals surface area (Å²) in [7, 11) is 0. The van der Waals surface area contributed by atoms with Crippen molar-refractivity contribution in [3.8, 4) is 11.1 Å². The second kappa shape index (κ2) is 4.55. The minimum absolute atomic E-state index is 0.0440. The van der Waals surface area contributed by atoms with Crippen LogP contribution in [0.25, 0.3) is 11.1 Å². The summed E-state index contributed by atoms with van der Waals surface area (Å²) >= 11 is 0. The first-order valence-corrected chi connectivity index (χ1v) is 4.93. The van der Waals surface area contributed by atoms with E-state index >= 15 is 0 Å². The molecule has 2 N–H and O–H groups in total. The van der Waals surface area contributed by atoms with Gasteiger partial charge in [0.05, 0.1) is 5.69 Å². The molecule has 2 nitrogen and oxygen atoms in total. The van der Waals surface area contributed by atoms with Crippen LogP contribution in [0.4, 0.5) is 13.2 Å². The number of pyridine rings is 1. The van der Waals surface area contributed by atoms with Crippen LogP contribution in [0.5, 0.6) is 0 Å². The number of nitrogens with two attached hydrogens (primary N) is 1. The quantitative estimate of drug-likeness (QED) is 0.817. The highest BCUT2D eigenvalue weighted by atomic mass is 19.2. The van der Waals surface area contributed by atoms with Crippen LogP contribution in [0.1, 0.15) is 5.69 Å². The molecule has 0 atom stereocenters. The summed E-state index contributed by atoms with van der Waals surface area (Å²) in [6, 6.07) is 5.19. The highest BCUT2D eigenvalue weighted by Gasteiger charge is 2.16. The Hall–Kier alpha value is -1.88. The van der Waals surface area contributed by atoms with Crippen LogP contribution in [0.2, 0.25) is 0 Å². The van der Waals surface area contributed by atoms with Crippen LogP contribution < -0.4 is 5.73 Å². The van der Waals surface area contributed by atoms with E-state index < -0.39 is 17.5 Å². The van der Waals surface area contributed by atoms with Gasteiger partial charge in [0.15, 0.2) is 17.5 Å². The molecule has 1 aromatic carbocycles. The first kappa shape index (κ1) is 11.6. The maximum absolute atomic E-state index is 13.6. The minimum Gasteiger partial charge on any atom is -0.325 e. The zero-order valence-electron chi connectivity index (χ0n) is 8.75. The SMILES string of the molecule is NCc1ncccc1-c1ccc(F)c(F)c1F. The van der Waals surface area contributed by atoms with Gasteiger partial charge >= 0.3 is 0 Å². The highest BCUT2D eigenvalue weighted by Crippen LogP contribution is 2.27. The number of benzene rings is 1. The van der Waals surface area contributed by atoms with Crippen molar-refractivity contribution >= 4 is 0 Å². The molecular formula is C12H9F3N2. The minimum atomic E-state index is -1.49. The molecule has 88 valence electrons. The highest BCUT2D eigenvalue weighted by molar-refractivity contribution is 5.66. The van der Waals surface area contributed by atoms with Gasteiger partial charge in [0.2, 0.25) is 0 Å². The molecule has 17 heavy (non-hydrogen) atoms. The molecule has 0 aliphatic rings. The van der Waals surface area contributed by atoms with Crippen molar-refractivity contribution in [2.75, 3.05) is 0 Å². The van der Waals surface area contributed by atoms with Crippen molar-refractivity contribution in [3.05, 3.63) is 53.6 Å². The fraction of sp³-hybridized carbons (Fsp3) is 0.0833. The lowest BCUT2D eigenvalue weighted by Gasteiger charge is -2.08. The van der Waals surface area contributed by atoms with E-state index in [1.165, 1.54) is 12.3 Å².